The Morgan fingerprint density at radius 1 is 1.00 bits per heavy atom. The monoisotopic (exact) mass is 267 g/mol. The molecule has 0 bridgehead atoms. The van der Waals surface area contributed by atoms with Crippen molar-refractivity contribution in [3.63, 3.8) is 0 Å². The van der Waals surface area contributed by atoms with Crippen LogP contribution < -0.4 is 5.73 Å². The van der Waals surface area contributed by atoms with Gasteiger partial charge in [-0.05, 0) is 25.7 Å². The molecule has 1 aliphatic heterocycles. The fraction of sp³-hybridized carbons (Fsp3) is 0.857. The summed E-state index contributed by atoms with van der Waals surface area (Å²) in [6, 6.07) is 0. The van der Waals surface area contributed by atoms with Gasteiger partial charge in [-0.1, -0.05) is 37.3 Å². The first-order valence-corrected chi connectivity index (χ1v) is 7.48. The van der Waals surface area contributed by atoms with Gasteiger partial charge in [-0.2, -0.15) is 0 Å². The van der Waals surface area contributed by atoms with Gasteiger partial charge in [-0.3, -0.25) is 4.79 Å². The van der Waals surface area contributed by atoms with Gasteiger partial charge < -0.3 is 15.8 Å². The molecule has 108 valence electrons. The lowest BCUT2D eigenvalue weighted by molar-refractivity contribution is -0.138. The Labute approximate surface area is 114 Å². The Kier molecular flexibility index (Phi) is 4.66. The van der Waals surface area contributed by atoms with Crippen molar-refractivity contribution in [2.24, 2.45) is 16.3 Å². The maximum atomic E-state index is 12.8. The smallest absolute Gasteiger partial charge is 0.236 e. The van der Waals surface area contributed by atoms with Crippen LogP contribution >= 0.6 is 0 Å². The fourth-order valence-electron chi connectivity index (χ4n) is 3.41. The van der Waals surface area contributed by atoms with Crippen LogP contribution in [0.2, 0.25) is 0 Å². The highest BCUT2D eigenvalue weighted by Crippen LogP contribution is 2.40. The third-order valence-corrected chi connectivity index (χ3v) is 4.61. The zero-order valence-electron chi connectivity index (χ0n) is 11.6. The van der Waals surface area contributed by atoms with Crippen LogP contribution in [0.25, 0.3) is 0 Å². The molecule has 1 aliphatic carbocycles. The van der Waals surface area contributed by atoms with E-state index in [1.165, 1.54) is 19.3 Å². The lowest BCUT2D eigenvalue weighted by Gasteiger charge is -2.34. The molecule has 1 saturated heterocycles. The second kappa shape index (κ2) is 6.26. The average molecular weight is 267 g/mol. The SMILES string of the molecule is NC(=NO)C1(C(=O)N2CCCCCCC2)CCCC1. The molecule has 0 aromatic rings. The van der Waals surface area contributed by atoms with E-state index < -0.39 is 5.41 Å². The second-order valence-corrected chi connectivity index (χ2v) is 5.83. The summed E-state index contributed by atoms with van der Waals surface area (Å²) >= 11 is 0. The number of likely N-dealkylation sites (tertiary alicyclic amines) is 1. The zero-order chi connectivity index (χ0) is 13.7. The van der Waals surface area contributed by atoms with E-state index >= 15 is 0 Å². The predicted octanol–water partition coefficient (Wildman–Crippen LogP) is 2.09. The van der Waals surface area contributed by atoms with E-state index in [0.29, 0.717) is 0 Å². The first-order valence-electron chi connectivity index (χ1n) is 7.48. The van der Waals surface area contributed by atoms with Crippen LogP contribution in [0, 0.1) is 5.41 Å². The van der Waals surface area contributed by atoms with Gasteiger partial charge in [-0.15, -0.1) is 0 Å². The standard InChI is InChI=1S/C14H25N3O2/c15-12(16-19)14(8-4-5-9-14)13(18)17-10-6-2-1-3-7-11-17/h19H,1-11H2,(H2,15,16). The van der Waals surface area contributed by atoms with Crippen molar-refractivity contribution in [2.75, 3.05) is 13.1 Å². The number of amides is 1. The number of nitrogens with zero attached hydrogens (tertiary/aromatic N) is 2. The van der Waals surface area contributed by atoms with Crippen LogP contribution in [0.1, 0.15) is 57.8 Å². The van der Waals surface area contributed by atoms with Crippen molar-refractivity contribution < 1.29 is 10.0 Å². The molecule has 3 N–H and O–H groups in total. The van der Waals surface area contributed by atoms with Gasteiger partial charge in [0.25, 0.3) is 0 Å². The van der Waals surface area contributed by atoms with Crippen LogP contribution in [-0.2, 0) is 4.79 Å². The third-order valence-electron chi connectivity index (χ3n) is 4.61. The molecule has 0 radical (unpaired) electrons. The molecule has 1 heterocycles. The molecule has 2 aliphatic rings. The molecular weight excluding hydrogens is 242 g/mol. The minimum Gasteiger partial charge on any atom is -0.409 e. The first kappa shape index (κ1) is 14.2. The quantitative estimate of drug-likeness (QED) is 0.348. The van der Waals surface area contributed by atoms with Crippen molar-refractivity contribution in [1.29, 1.82) is 0 Å². The summed E-state index contributed by atoms with van der Waals surface area (Å²) in [5, 5.41) is 12.1. The highest BCUT2D eigenvalue weighted by atomic mass is 16.4. The lowest BCUT2D eigenvalue weighted by atomic mass is 9.83. The Bertz CT molecular complexity index is 341. The molecule has 0 atom stereocenters. The van der Waals surface area contributed by atoms with E-state index in [0.717, 1.165) is 51.6 Å². The molecule has 5 nitrogen and oxygen atoms in total. The molecule has 0 spiro atoms. The number of oxime groups is 1. The number of rotatable bonds is 2. The van der Waals surface area contributed by atoms with Gasteiger partial charge in [0.2, 0.25) is 5.91 Å². The maximum Gasteiger partial charge on any atom is 0.236 e. The summed E-state index contributed by atoms with van der Waals surface area (Å²) in [6.45, 7) is 1.64. The van der Waals surface area contributed by atoms with Crippen LogP contribution in [0.3, 0.4) is 0 Å². The summed E-state index contributed by atoms with van der Waals surface area (Å²) in [4.78, 5) is 14.8. The van der Waals surface area contributed by atoms with Crippen molar-refractivity contribution >= 4 is 11.7 Å². The molecule has 0 unspecified atom stereocenters. The third kappa shape index (κ3) is 2.85. The van der Waals surface area contributed by atoms with E-state index in [1.807, 2.05) is 4.90 Å². The minimum absolute atomic E-state index is 0.0854. The van der Waals surface area contributed by atoms with Crippen molar-refractivity contribution in [2.45, 2.75) is 57.8 Å². The number of carbonyl (C=O) groups excluding carboxylic acids is 1. The van der Waals surface area contributed by atoms with Crippen LogP contribution in [0.5, 0.6) is 0 Å². The van der Waals surface area contributed by atoms with Gasteiger partial charge in [-0.25, -0.2) is 0 Å². The lowest BCUT2D eigenvalue weighted by Crippen LogP contribution is -2.50. The number of hydrogen-bond acceptors (Lipinski definition) is 3. The normalized spacial score (nSPS) is 24.8. The van der Waals surface area contributed by atoms with Crippen molar-refractivity contribution in [1.82, 2.24) is 4.90 Å². The van der Waals surface area contributed by atoms with Crippen LogP contribution in [0.4, 0.5) is 0 Å². The average Bonchev–Trinajstić information content (AvgIpc) is 2.87. The van der Waals surface area contributed by atoms with Gasteiger partial charge >= 0.3 is 0 Å². The summed E-state index contributed by atoms with van der Waals surface area (Å²) in [6.07, 6.45) is 9.20. The Hall–Kier alpha value is -1.26. The maximum absolute atomic E-state index is 12.8. The first-order chi connectivity index (χ1) is 9.20. The van der Waals surface area contributed by atoms with E-state index in [2.05, 4.69) is 5.16 Å². The van der Waals surface area contributed by atoms with Gasteiger partial charge in [0.05, 0.1) is 0 Å². The van der Waals surface area contributed by atoms with Gasteiger partial charge in [0.15, 0.2) is 5.84 Å². The molecule has 2 rings (SSSR count). The van der Waals surface area contributed by atoms with E-state index in [9.17, 15) is 4.79 Å². The Morgan fingerprint density at radius 2 is 1.53 bits per heavy atom. The molecular formula is C14H25N3O2. The topological polar surface area (TPSA) is 78.9 Å². The van der Waals surface area contributed by atoms with Crippen LogP contribution in [-0.4, -0.2) is 34.9 Å². The van der Waals surface area contributed by atoms with Gasteiger partial charge in [0.1, 0.15) is 5.41 Å². The predicted molar refractivity (Wildman–Crippen MR) is 74.0 cm³/mol. The summed E-state index contributed by atoms with van der Waals surface area (Å²) in [5.41, 5.74) is 5.12. The van der Waals surface area contributed by atoms with Gasteiger partial charge in [0, 0.05) is 13.1 Å². The van der Waals surface area contributed by atoms with E-state index in [-0.39, 0.29) is 11.7 Å². The summed E-state index contributed by atoms with van der Waals surface area (Å²) < 4.78 is 0. The summed E-state index contributed by atoms with van der Waals surface area (Å²) in [5.74, 6) is 0.194. The molecule has 1 amide bonds. The number of carbonyl (C=O) groups is 1. The Morgan fingerprint density at radius 3 is 2.05 bits per heavy atom. The molecule has 0 aromatic heterocycles. The largest absolute Gasteiger partial charge is 0.409 e. The van der Waals surface area contributed by atoms with Crippen molar-refractivity contribution in [3.8, 4) is 0 Å². The number of amidine groups is 1. The number of nitrogens with two attached hydrogens (primary N) is 1. The minimum atomic E-state index is -0.728. The van der Waals surface area contributed by atoms with Crippen molar-refractivity contribution in [3.05, 3.63) is 0 Å². The molecule has 5 heteroatoms. The second-order valence-electron chi connectivity index (χ2n) is 5.83. The molecule has 2 fully saturated rings. The number of hydrogen-bond donors (Lipinski definition) is 2. The zero-order valence-corrected chi connectivity index (χ0v) is 11.6. The molecule has 0 aromatic carbocycles. The molecule has 19 heavy (non-hydrogen) atoms. The van der Waals surface area contributed by atoms with E-state index in [4.69, 9.17) is 10.9 Å². The fourth-order valence-corrected chi connectivity index (χ4v) is 3.41. The summed E-state index contributed by atoms with van der Waals surface area (Å²) in [7, 11) is 0. The van der Waals surface area contributed by atoms with E-state index in [1.54, 1.807) is 0 Å². The highest BCUT2D eigenvalue weighted by Gasteiger charge is 2.47. The molecule has 1 saturated carbocycles. The van der Waals surface area contributed by atoms with Crippen LogP contribution in [0.15, 0.2) is 5.16 Å². The Balaban J connectivity index is 2.14. The highest BCUT2D eigenvalue weighted by molar-refractivity contribution is 6.07.